The van der Waals surface area contributed by atoms with E-state index in [1.807, 2.05) is 19.1 Å². The molecule has 2 aromatic rings. The SMILES string of the molecule is Cc1cccc(NS(=O)(=O)c2ccc(C#N)cc2)c1. The van der Waals surface area contributed by atoms with Gasteiger partial charge in [0, 0.05) is 5.69 Å². The van der Waals surface area contributed by atoms with Gasteiger partial charge in [0.1, 0.15) is 0 Å². The first-order valence-electron chi connectivity index (χ1n) is 5.61. The highest BCUT2D eigenvalue weighted by molar-refractivity contribution is 7.92. The summed E-state index contributed by atoms with van der Waals surface area (Å²) < 4.78 is 26.7. The second-order valence-corrected chi connectivity index (χ2v) is 5.79. The van der Waals surface area contributed by atoms with Gasteiger partial charge >= 0.3 is 0 Å². The Morgan fingerprint density at radius 1 is 1.11 bits per heavy atom. The fraction of sp³-hybridized carbons (Fsp3) is 0.0714. The van der Waals surface area contributed by atoms with Crippen LogP contribution in [0, 0.1) is 18.3 Å². The van der Waals surface area contributed by atoms with E-state index in [-0.39, 0.29) is 4.90 Å². The molecule has 0 radical (unpaired) electrons. The molecule has 0 aliphatic heterocycles. The maximum Gasteiger partial charge on any atom is 0.261 e. The molecular weight excluding hydrogens is 260 g/mol. The molecule has 0 amide bonds. The van der Waals surface area contributed by atoms with E-state index in [0.29, 0.717) is 11.3 Å². The van der Waals surface area contributed by atoms with Crippen molar-refractivity contribution in [3.63, 3.8) is 0 Å². The zero-order chi connectivity index (χ0) is 13.9. The molecule has 4 nitrogen and oxygen atoms in total. The van der Waals surface area contributed by atoms with Gasteiger partial charge < -0.3 is 0 Å². The second kappa shape index (κ2) is 5.12. The molecule has 5 heteroatoms. The average Bonchev–Trinajstić information content (AvgIpc) is 2.38. The molecule has 0 unspecified atom stereocenters. The first-order valence-corrected chi connectivity index (χ1v) is 7.09. The van der Waals surface area contributed by atoms with Crippen molar-refractivity contribution >= 4 is 15.7 Å². The molecule has 2 aromatic carbocycles. The summed E-state index contributed by atoms with van der Waals surface area (Å²) in [6, 6.07) is 14.8. The lowest BCUT2D eigenvalue weighted by Crippen LogP contribution is -2.12. The van der Waals surface area contributed by atoms with Crippen LogP contribution in [0.1, 0.15) is 11.1 Å². The third-order valence-corrected chi connectivity index (χ3v) is 3.96. The quantitative estimate of drug-likeness (QED) is 0.933. The first-order chi connectivity index (χ1) is 9.01. The topological polar surface area (TPSA) is 70.0 Å². The summed E-state index contributed by atoms with van der Waals surface area (Å²) in [5.74, 6) is 0. The Hall–Kier alpha value is -2.32. The normalized spacial score (nSPS) is 10.7. The van der Waals surface area contributed by atoms with E-state index in [0.717, 1.165) is 5.56 Å². The number of aryl methyl sites for hydroxylation is 1. The van der Waals surface area contributed by atoms with Gasteiger partial charge in [0.25, 0.3) is 10.0 Å². The molecule has 0 saturated carbocycles. The van der Waals surface area contributed by atoms with Crippen molar-refractivity contribution in [3.05, 3.63) is 59.7 Å². The molecule has 1 N–H and O–H groups in total. The highest BCUT2D eigenvalue weighted by atomic mass is 32.2. The van der Waals surface area contributed by atoms with Gasteiger partial charge in [-0.25, -0.2) is 8.42 Å². The number of anilines is 1. The van der Waals surface area contributed by atoms with Gasteiger partial charge in [0.15, 0.2) is 0 Å². The van der Waals surface area contributed by atoms with Crippen LogP contribution in [0.25, 0.3) is 0 Å². The predicted molar refractivity (Wildman–Crippen MR) is 73.1 cm³/mol. The Labute approximate surface area is 112 Å². The van der Waals surface area contributed by atoms with Crippen LogP contribution in [-0.2, 0) is 10.0 Å². The molecule has 0 atom stereocenters. The van der Waals surface area contributed by atoms with Crippen LogP contribution in [0.5, 0.6) is 0 Å². The van der Waals surface area contributed by atoms with E-state index in [9.17, 15) is 8.42 Å². The van der Waals surface area contributed by atoms with Crippen molar-refractivity contribution in [1.82, 2.24) is 0 Å². The Balaban J connectivity index is 2.30. The van der Waals surface area contributed by atoms with E-state index in [1.165, 1.54) is 24.3 Å². The van der Waals surface area contributed by atoms with Gasteiger partial charge in [-0.3, -0.25) is 4.72 Å². The fourth-order valence-electron chi connectivity index (χ4n) is 1.63. The molecular formula is C14H12N2O2S. The highest BCUT2D eigenvalue weighted by Gasteiger charge is 2.13. The summed E-state index contributed by atoms with van der Waals surface area (Å²) in [5, 5.41) is 8.68. The molecule has 0 fully saturated rings. The Morgan fingerprint density at radius 2 is 1.79 bits per heavy atom. The van der Waals surface area contributed by atoms with Crippen molar-refractivity contribution in [2.24, 2.45) is 0 Å². The summed E-state index contributed by atoms with van der Waals surface area (Å²) in [5.41, 5.74) is 1.92. The molecule has 2 rings (SSSR count). The molecule has 0 spiro atoms. The zero-order valence-corrected chi connectivity index (χ0v) is 11.1. The minimum absolute atomic E-state index is 0.132. The number of nitrogens with one attached hydrogen (secondary N) is 1. The van der Waals surface area contributed by atoms with E-state index in [1.54, 1.807) is 18.2 Å². The standard InChI is InChI=1S/C14H12N2O2S/c1-11-3-2-4-13(9-11)16-19(17,18)14-7-5-12(10-15)6-8-14/h2-9,16H,1H3. The van der Waals surface area contributed by atoms with Gasteiger partial charge in [-0.1, -0.05) is 12.1 Å². The van der Waals surface area contributed by atoms with Gasteiger partial charge in [-0.05, 0) is 48.9 Å². The van der Waals surface area contributed by atoms with Gasteiger partial charge in [-0.2, -0.15) is 5.26 Å². The van der Waals surface area contributed by atoms with Crippen molar-refractivity contribution in [2.75, 3.05) is 4.72 Å². The summed E-state index contributed by atoms with van der Waals surface area (Å²) >= 11 is 0. The Kier molecular flexibility index (Phi) is 3.54. The van der Waals surface area contributed by atoms with Crippen molar-refractivity contribution in [3.8, 4) is 6.07 Å². The Morgan fingerprint density at radius 3 is 2.37 bits per heavy atom. The summed E-state index contributed by atoms with van der Waals surface area (Å²) in [6.07, 6.45) is 0. The number of benzene rings is 2. The molecule has 19 heavy (non-hydrogen) atoms. The molecule has 0 heterocycles. The monoisotopic (exact) mass is 272 g/mol. The predicted octanol–water partition coefficient (Wildman–Crippen LogP) is 2.67. The number of nitrogens with zero attached hydrogens (tertiary/aromatic N) is 1. The lowest BCUT2D eigenvalue weighted by molar-refractivity contribution is 0.601. The van der Waals surface area contributed by atoms with Crippen LogP contribution in [0.2, 0.25) is 0 Å². The zero-order valence-electron chi connectivity index (χ0n) is 10.3. The summed E-state index contributed by atoms with van der Waals surface area (Å²) in [4.78, 5) is 0.132. The van der Waals surface area contributed by atoms with Crippen molar-refractivity contribution in [1.29, 1.82) is 5.26 Å². The third-order valence-electron chi connectivity index (χ3n) is 2.56. The minimum Gasteiger partial charge on any atom is -0.280 e. The maximum absolute atomic E-state index is 12.1. The lowest BCUT2D eigenvalue weighted by atomic mass is 10.2. The summed E-state index contributed by atoms with van der Waals surface area (Å²) in [7, 11) is -3.61. The minimum atomic E-state index is -3.61. The largest absolute Gasteiger partial charge is 0.280 e. The third kappa shape index (κ3) is 3.12. The molecule has 96 valence electrons. The number of nitriles is 1. The number of rotatable bonds is 3. The highest BCUT2D eigenvalue weighted by Crippen LogP contribution is 2.17. The smallest absolute Gasteiger partial charge is 0.261 e. The fourth-order valence-corrected chi connectivity index (χ4v) is 2.68. The van der Waals surface area contributed by atoms with E-state index in [2.05, 4.69) is 4.72 Å². The van der Waals surface area contributed by atoms with Crippen molar-refractivity contribution < 1.29 is 8.42 Å². The van der Waals surface area contributed by atoms with Crippen molar-refractivity contribution in [2.45, 2.75) is 11.8 Å². The Bertz CT molecular complexity index is 729. The molecule has 0 bridgehead atoms. The van der Waals surface area contributed by atoms with Crippen LogP contribution in [0.3, 0.4) is 0 Å². The van der Waals surface area contributed by atoms with Gasteiger partial charge in [0.05, 0.1) is 16.5 Å². The second-order valence-electron chi connectivity index (χ2n) is 4.11. The van der Waals surface area contributed by atoms with Crippen LogP contribution in [-0.4, -0.2) is 8.42 Å². The number of sulfonamides is 1. The number of hydrogen-bond donors (Lipinski definition) is 1. The maximum atomic E-state index is 12.1. The first kappa shape index (κ1) is 13.1. The molecule has 0 saturated heterocycles. The van der Waals surface area contributed by atoms with Gasteiger partial charge in [0.2, 0.25) is 0 Å². The van der Waals surface area contributed by atoms with Crippen LogP contribution in [0.15, 0.2) is 53.4 Å². The van der Waals surface area contributed by atoms with E-state index in [4.69, 9.17) is 5.26 Å². The molecule has 0 aromatic heterocycles. The van der Waals surface area contributed by atoms with Crippen LogP contribution >= 0.6 is 0 Å². The molecule has 0 aliphatic carbocycles. The molecule has 0 aliphatic rings. The van der Waals surface area contributed by atoms with Crippen LogP contribution < -0.4 is 4.72 Å². The number of hydrogen-bond acceptors (Lipinski definition) is 3. The van der Waals surface area contributed by atoms with E-state index < -0.39 is 10.0 Å². The summed E-state index contributed by atoms with van der Waals surface area (Å²) in [6.45, 7) is 1.89. The average molecular weight is 272 g/mol. The van der Waals surface area contributed by atoms with Crippen LogP contribution in [0.4, 0.5) is 5.69 Å². The lowest BCUT2D eigenvalue weighted by Gasteiger charge is -2.08. The van der Waals surface area contributed by atoms with E-state index >= 15 is 0 Å². The van der Waals surface area contributed by atoms with Gasteiger partial charge in [-0.15, -0.1) is 0 Å².